The van der Waals surface area contributed by atoms with E-state index in [0.29, 0.717) is 12.1 Å². The van der Waals surface area contributed by atoms with Crippen LogP contribution >= 0.6 is 0 Å². The summed E-state index contributed by atoms with van der Waals surface area (Å²) in [5, 5.41) is 2.90. The Hall–Kier alpha value is -1.58. The van der Waals surface area contributed by atoms with Crippen molar-refractivity contribution in [3.63, 3.8) is 0 Å². The summed E-state index contributed by atoms with van der Waals surface area (Å²) in [4.78, 5) is 13.7. The van der Waals surface area contributed by atoms with Gasteiger partial charge >= 0.3 is 0 Å². The van der Waals surface area contributed by atoms with Crippen LogP contribution in [0.5, 0.6) is 0 Å². The molecule has 0 aromatic heterocycles. The van der Waals surface area contributed by atoms with E-state index in [1.54, 1.807) is 24.1 Å². The predicted octanol–water partition coefficient (Wildman–Crippen LogP) is 2.74. The molecule has 1 aromatic carbocycles. The number of carbonyl (C=O) groups is 1. The van der Waals surface area contributed by atoms with Gasteiger partial charge in [-0.15, -0.1) is 0 Å². The number of halogens is 1. The van der Waals surface area contributed by atoms with Crippen molar-refractivity contribution in [3.05, 3.63) is 29.6 Å². The maximum atomic E-state index is 13.6. The molecule has 0 atom stereocenters. The first kappa shape index (κ1) is 13.5. The zero-order valence-corrected chi connectivity index (χ0v) is 10.7. The highest BCUT2D eigenvalue weighted by molar-refractivity contribution is 5.99. The van der Waals surface area contributed by atoms with Crippen LogP contribution in [0.3, 0.4) is 0 Å². The molecule has 1 N–H and O–H groups in total. The lowest BCUT2D eigenvalue weighted by Crippen LogP contribution is -2.33. The number of nitrogens with zero attached hydrogens (tertiary/aromatic N) is 1. The summed E-state index contributed by atoms with van der Waals surface area (Å²) in [6.07, 6.45) is 0. The van der Waals surface area contributed by atoms with Gasteiger partial charge in [0, 0.05) is 19.6 Å². The van der Waals surface area contributed by atoms with Gasteiger partial charge in [0.25, 0.3) is 5.91 Å². The first-order valence-corrected chi connectivity index (χ1v) is 5.78. The molecule has 0 aliphatic carbocycles. The second-order valence-corrected chi connectivity index (χ2v) is 4.20. The number of carbonyl (C=O) groups excluding carboxylic acids is 1. The van der Waals surface area contributed by atoms with Crippen molar-refractivity contribution in [2.75, 3.05) is 18.9 Å². The van der Waals surface area contributed by atoms with Gasteiger partial charge in [-0.05, 0) is 32.9 Å². The fourth-order valence-corrected chi connectivity index (χ4v) is 1.48. The highest BCUT2D eigenvalue weighted by Crippen LogP contribution is 2.21. The monoisotopic (exact) mass is 238 g/mol. The quantitative estimate of drug-likeness (QED) is 0.874. The number of nitrogens with one attached hydrogen (secondary N) is 1. The van der Waals surface area contributed by atoms with Gasteiger partial charge in [0.05, 0.1) is 11.3 Å². The summed E-state index contributed by atoms with van der Waals surface area (Å²) in [7, 11) is 1.72. The number of anilines is 1. The molecule has 0 aliphatic heterocycles. The smallest absolute Gasteiger partial charge is 0.256 e. The number of para-hydroxylation sites is 1. The van der Waals surface area contributed by atoms with Crippen LogP contribution in [0.25, 0.3) is 0 Å². The van der Waals surface area contributed by atoms with Gasteiger partial charge in [0.1, 0.15) is 5.82 Å². The Labute approximate surface area is 102 Å². The average Bonchev–Trinajstić information content (AvgIpc) is 2.30. The van der Waals surface area contributed by atoms with Crippen LogP contribution in [0, 0.1) is 5.82 Å². The van der Waals surface area contributed by atoms with Crippen molar-refractivity contribution >= 4 is 11.6 Å². The van der Waals surface area contributed by atoms with Crippen LogP contribution in [-0.4, -0.2) is 30.4 Å². The van der Waals surface area contributed by atoms with E-state index in [4.69, 9.17) is 0 Å². The molecule has 0 aliphatic rings. The van der Waals surface area contributed by atoms with E-state index in [-0.39, 0.29) is 17.6 Å². The maximum Gasteiger partial charge on any atom is 0.256 e. The fourth-order valence-electron chi connectivity index (χ4n) is 1.48. The van der Waals surface area contributed by atoms with Crippen molar-refractivity contribution in [3.8, 4) is 0 Å². The number of hydrogen-bond acceptors (Lipinski definition) is 2. The van der Waals surface area contributed by atoms with E-state index < -0.39 is 5.82 Å². The normalized spacial score (nSPS) is 10.5. The minimum atomic E-state index is -0.394. The number of amides is 1. The molecule has 1 aromatic rings. The third kappa shape index (κ3) is 2.96. The highest BCUT2D eigenvalue weighted by atomic mass is 19.1. The number of benzene rings is 1. The molecule has 4 heteroatoms. The van der Waals surface area contributed by atoms with E-state index >= 15 is 0 Å². The van der Waals surface area contributed by atoms with Gasteiger partial charge < -0.3 is 10.2 Å². The summed E-state index contributed by atoms with van der Waals surface area (Å²) < 4.78 is 13.6. The van der Waals surface area contributed by atoms with Crippen molar-refractivity contribution in [1.82, 2.24) is 4.90 Å². The molecule has 94 valence electrons. The second kappa shape index (κ2) is 5.66. The van der Waals surface area contributed by atoms with Crippen LogP contribution < -0.4 is 5.32 Å². The molecule has 0 heterocycles. The Morgan fingerprint density at radius 3 is 2.65 bits per heavy atom. The van der Waals surface area contributed by atoms with E-state index in [1.807, 2.05) is 20.8 Å². The molecule has 0 spiro atoms. The minimum absolute atomic E-state index is 0.0836. The number of hydrogen-bond donors (Lipinski definition) is 1. The van der Waals surface area contributed by atoms with E-state index in [0.717, 1.165) is 0 Å². The van der Waals surface area contributed by atoms with Crippen LogP contribution in [0.1, 0.15) is 31.1 Å². The van der Waals surface area contributed by atoms with Gasteiger partial charge in [-0.25, -0.2) is 4.39 Å². The Bertz CT molecular complexity index is 404. The Kier molecular flexibility index (Phi) is 4.49. The van der Waals surface area contributed by atoms with Crippen LogP contribution in [-0.2, 0) is 0 Å². The minimum Gasteiger partial charge on any atom is -0.382 e. The van der Waals surface area contributed by atoms with Crippen molar-refractivity contribution in [1.29, 1.82) is 0 Å². The van der Waals surface area contributed by atoms with Crippen molar-refractivity contribution in [2.24, 2.45) is 0 Å². The molecule has 0 bridgehead atoms. The Morgan fingerprint density at radius 1 is 1.47 bits per heavy atom. The van der Waals surface area contributed by atoms with Gasteiger partial charge in [0.2, 0.25) is 0 Å². The van der Waals surface area contributed by atoms with Gasteiger partial charge in [-0.1, -0.05) is 6.07 Å². The lowest BCUT2D eigenvalue weighted by atomic mass is 10.1. The van der Waals surface area contributed by atoms with Crippen molar-refractivity contribution in [2.45, 2.75) is 26.8 Å². The second-order valence-electron chi connectivity index (χ2n) is 4.20. The summed E-state index contributed by atoms with van der Waals surface area (Å²) in [5.41, 5.74) is 0.663. The molecule has 3 nitrogen and oxygen atoms in total. The summed E-state index contributed by atoms with van der Waals surface area (Å²) >= 11 is 0. The van der Waals surface area contributed by atoms with E-state index in [9.17, 15) is 9.18 Å². The van der Waals surface area contributed by atoms with Crippen LogP contribution in [0.2, 0.25) is 0 Å². The topological polar surface area (TPSA) is 32.3 Å². The Morgan fingerprint density at radius 2 is 2.12 bits per heavy atom. The summed E-state index contributed by atoms with van der Waals surface area (Å²) in [6, 6.07) is 4.63. The van der Waals surface area contributed by atoms with Crippen molar-refractivity contribution < 1.29 is 9.18 Å². The van der Waals surface area contributed by atoms with Gasteiger partial charge in [-0.2, -0.15) is 0 Å². The molecule has 0 unspecified atom stereocenters. The average molecular weight is 238 g/mol. The van der Waals surface area contributed by atoms with E-state index in [1.165, 1.54) is 6.07 Å². The molecule has 0 fully saturated rings. The Balaban J connectivity index is 3.12. The highest BCUT2D eigenvalue weighted by Gasteiger charge is 2.19. The zero-order valence-electron chi connectivity index (χ0n) is 10.7. The SMILES string of the molecule is CCNc1c(F)cccc1C(=O)N(C)C(C)C. The van der Waals surface area contributed by atoms with Gasteiger partial charge in [0.15, 0.2) is 0 Å². The lowest BCUT2D eigenvalue weighted by molar-refractivity contribution is 0.0755. The van der Waals surface area contributed by atoms with Crippen LogP contribution in [0.15, 0.2) is 18.2 Å². The fraction of sp³-hybridized carbons (Fsp3) is 0.462. The first-order valence-electron chi connectivity index (χ1n) is 5.78. The predicted molar refractivity (Wildman–Crippen MR) is 67.8 cm³/mol. The van der Waals surface area contributed by atoms with Crippen LogP contribution in [0.4, 0.5) is 10.1 Å². The molecular weight excluding hydrogens is 219 g/mol. The summed E-state index contributed by atoms with van der Waals surface area (Å²) in [5.74, 6) is -0.565. The molecule has 0 saturated heterocycles. The number of rotatable bonds is 4. The third-order valence-corrected chi connectivity index (χ3v) is 2.69. The molecular formula is C13H19FN2O. The molecule has 17 heavy (non-hydrogen) atoms. The molecule has 1 rings (SSSR count). The summed E-state index contributed by atoms with van der Waals surface area (Å²) in [6.45, 7) is 6.29. The molecule has 0 saturated carbocycles. The molecule has 1 amide bonds. The molecule has 0 radical (unpaired) electrons. The lowest BCUT2D eigenvalue weighted by Gasteiger charge is -2.23. The first-order chi connectivity index (χ1) is 7.99. The third-order valence-electron chi connectivity index (χ3n) is 2.69. The maximum absolute atomic E-state index is 13.6. The van der Waals surface area contributed by atoms with E-state index in [2.05, 4.69) is 5.32 Å². The van der Waals surface area contributed by atoms with Gasteiger partial charge in [-0.3, -0.25) is 4.79 Å². The zero-order chi connectivity index (χ0) is 13.0. The standard InChI is InChI=1S/C13H19FN2O/c1-5-15-12-10(7-6-8-11(12)14)13(17)16(4)9(2)3/h6-9,15H,5H2,1-4H3. The largest absolute Gasteiger partial charge is 0.382 e.